The minimum absolute atomic E-state index is 0.0871. The van der Waals surface area contributed by atoms with E-state index in [4.69, 9.17) is 23.2 Å². The molecule has 2 aromatic carbocycles. The van der Waals surface area contributed by atoms with Crippen molar-refractivity contribution in [2.45, 2.75) is 13.3 Å². The fourth-order valence-electron chi connectivity index (χ4n) is 3.00. The summed E-state index contributed by atoms with van der Waals surface area (Å²) in [7, 11) is 0. The molecule has 1 saturated heterocycles. The lowest BCUT2D eigenvalue weighted by atomic mass is 10.1. The zero-order valence-electron chi connectivity index (χ0n) is 15.2. The van der Waals surface area contributed by atoms with E-state index in [-0.39, 0.29) is 31.3 Å². The number of aryl methyl sites for hydroxylation is 1. The third-order valence-electron chi connectivity index (χ3n) is 4.44. The van der Waals surface area contributed by atoms with E-state index in [1.54, 1.807) is 36.4 Å². The number of rotatable bonds is 5. The fraction of sp³-hybridized carbons (Fsp3) is 0.250. The third kappa shape index (κ3) is 4.82. The van der Waals surface area contributed by atoms with Gasteiger partial charge in [0.1, 0.15) is 0 Å². The number of anilines is 2. The van der Waals surface area contributed by atoms with E-state index in [9.17, 15) is 14.4 Å². The number of amides is 3. The molecular weight excluding hydrogens is 401 g/mol. The summed E-state index contributed by atoms with van der Waals surface area (Å²) in [6.07, 6.45) is 0.0871. The van der Waals surface area contributed by atoms with E-state index in [1.165, 1.54) is 4.90 Å². The third-order valence-corrected chi connectivity index (χ3v) is 4.99. The molecular formula is C20H19Cl2N3O3. The normalized spacial score (nSPS) is 16.2. The molecule has 1 fully saturated rings. The average Bonchev–Trinajstić information content (AvgIpc) is 3.04. The van der Waals surface area contributed by atoms with Gasteiger partial charge in [0, 0.05) is 23.7 Å². The lowest BCUT2D eigenvalue weighted by Gasteiger charge is -2.17. The summed E-state index contributed by atoms with van der Waals surface area (Å²) in [5.41, 5.74) is 2.11. The monoisotopic (exact) mass is 419 g/mol. The van der Waals surface area contributed by atoms with Crippen LogP contribution < -0.4 is 15.5 Å². The summed E-state index contributed by atoms with van der Waals surface area (Å²) < 4.78 is 0. The number of hydrogen-bond donors (Lipinski definition) is 2. The Hall–Kier alpha value is -2.57. The molecule has 0 aliphatic carbocycles. The largest absolute Gasteiger partial charge is 0.347 e. The van der Waals surface area contributed by atoms with Gasteiger partial charge >= 0.3 is 0 Å². The molecule has 1 heterocycles. The quantitative estimate of drug-likeness (QED) is 0.778. The molecule has 3 rings (SSSR count). The second-order valence-corrected chi connectivity index (χ2v) is 7.48. The highest BCUT2D eigenvalue weighted by Crippen LogP contribution is 2.27. The van der Waals surface area contributed by atoms with Gasteiger partial charge in [0.15, 0.2) is 0 Å². The summed E-state index contributed by atoms with van der Waals surface area (Å²) in [4.78, 5) is 38.2. The molecule has 0 spiro atoms. The van der Waals surface area contributed by atoms with E-state index < -0.39 is 11.8 Å². The van der Waals surface area contributed by atoms with Crippen LogP contribution in [-0.4, -0.2) is 30.8 Å². The highest BCUT2D eigenvalue weighted by atomic mass is 35.5. The number of carbonyl (C=O) groups excluding carboxylic acids is 3. The van der Waals surface area contributed by atoms with Crippen molar-refractivity contribution in [3.63, 3.8) is 0 Å². The minimum atomic E-state index is -0.526. The van der Waals surface area contributed by atoms with Gasteiger partial charge in [-0.15, -0.1) is 0 Å². The molecule has 0 aromatic heterocycles. The van der Waals surface area contributed by atoms with Gasteiger partial charge in [-0.2, -0.15) is 0 Å². The highest BCUT2D eigenvalue weighted by Gasteiger charge is 2.35. The summed E-state index contributed by atoms with van der Waals surface area (Å²) in [6, 6.07) is 12.2. The Bertz CT molecular complexity index is 933. The van der Waals surface area contributed by atoms with E-state index in [1.807, 2.05) is 13.0 Å². The van der Waals surface area contributed by atoms with Gasteiger partial charge < -0.3 is 15.5 Å². The van der Waals surface area contributed by atoms with Crippen molar-refractivity contribution in [2.75, 3.05) is 23.3 Å². The Morgan fingerprint density at radius 3 is 2.68 bits per heavy atom. The van der Waals surface area contributed by atoms with Crippen LogP contribution >= 0.6 is 23.2 Å². The first kappa shape index (κ1) is 20.2. The van der Waals surface area contributed by atoms with E-state index in [0.717, 1.165) is 5.56 Å². The molecule has 1 atom stereocenters. The number of benzene rings is 2. The lowest BCUT2D eigenvalue weighted by Crippen LogP contribution is -2.38. The maximum Gasteiger partial charge on any atom is 0.243 e. The summed E-state index contributed by atoms with van der Waals surface area (Å²) in [5.74, 6) is -1.42. The van der Waals surface area contributed by atoms with Crippen LogP contribution in [0.5, 0.6) is 0 Å². The average molecular weight is 420 g/mol. The molecule has 0 saturated carbocycles. The Balaban J connectivity index is 1.53. The Morgan fingerprint density at radius 1 is 1.18 bits per heavy atom. The molecule has 1 aliphatic heterocycles. The van der Waals surface area contributed by atoms with Crippen molar-refractivity contribution in [3.8, 4) is 0 Å². The molecule has 8 heteroatoms. The van der Waals surface area contributed by atoms with Crippen molar-refractivity contribution in [1.29, 1.82) is 0 Å². The first-order valence-corrected chi connectivity index (χ1v) is 9.48. The standard InChI is InChI=1S/C20H19Cl2N3O3/c1-12-5-6-17(16(22)7-12)24-18(26)10-23-20(28)13-8-19(27)25(11-13)15-4-2-3-14(21)9-15/h2-7,9,13H,8,10-11H2,1H3,(H,23,28)(H,24,26). The van der Waals surface area contributed by atoms with E-state index in [0.29, 0.717) is 21.4 Å². The van der Waals surface area contributed by atoms with Crippen LogP contribution in [0, 0.1) is 12.8 Å². The second-order valence-electron chi connectivity index (χ2n) is 6.63. The Kier molecular flexibility index (Phi) is 6.21. The molecule has 3 amide bonds. The lowest BCUT2D eigenvalue weighted by molar-refractivity contribution is -0.127. The summed E-state index contributed by atoms with van der Waals surface area (Å²) >= 11 is 12.1. The second kappa shape index (κ2) is 8.63. The molecule has 146 valence electrons. The van der Waals surface area contributed by atoms with Crippen LogP contribution in [0.25, 0.3) is 0 Å². The minimum Gasteiger partial charge on any atom is -0.347 e. The first-order valence-electron chi connectivity index (χ1n) is 8.73. The topological polar surface area (TPSA) is 78.5 Å². The summed E-state index contributed by atoms with van der Waals surface area (Å²) in [6.45, 7) is 1.94. The SMILES string of the molecule is Cc1ccc(NC(=O)CNC(=O)C2CC(=O)N(c3cccc(Cl)c3)C2)c(Cl)c1. The Morgan fingerprint density at radius 2 is 1.96 bits per heavy atom. The van der Waals surface area contributed by atoms with E-state index in [2.05, 4.69) is 10.6 Å². The molecule has 0 bridgehead atoms. The van der Waals surface area contributed by atoms with Crippen LogP contribution in [0.4, 0.5) is 11.4 Å². The van der Waals surface area contributed by atoms with Crippen molar-refractivity contribution < 1.29 is 14.4 Å². The molecule has 1 aliphatic rings. The van der Waals surface area contributed by atoms with Crippen LogP contribution in [0.3, 0.4) is 0 Å². The van der Waals surface area contributed by atoms with Crippen molar-refractivity contribution >= 4 is 52.3 Å². The summed E-state index contributed by atoms with van der Waals surface area (Å²) in [5, 5.41) is 6.18. The van der Waals surface area contributed by atoms with Gasteiger partial charge in [-0.25, -0.2) is 0 Å². The maximum absolute atomic E-state index is 12.4. The van der Waals surface area contributed by atoms with Gasteiger partial charge in [-0.3, -0.25) is 14.4 Å². The molecule has 2 aromatic rings. The Labute approximate surface area is 172 Å². The van der Waals surface area contributed by atoms with E-state index >= 15 is 0 Å². The predicted octanol–water partition coefficient (Wildman–Crippen LogP) is 3.41. The van der Waals surface area contributed by atoms with Crippen LogP contribution in [0.1, 0.15) is 12.0 Å². The molecule has 6 nitrogen and oxygen atoms in total. The van der Waals surface area contributed by atoms with Gasteiger partial charge in [0.2, 0.25) is 17.7 Å². The fourth-order valence-corrected chi connectivity index (χ4v) is 3.47. The van der Waals surface area contributed by atoms with Crippen LogP contribution in [0.15, 0.2) is 42.5 Å². The molecule has 2 N–H and O–H groups in total. The number of halogens is 2. The van der Waals surface area contributed by atoms with Crippen molar-refractivity contribution in [1.82, 2.24) is 5.32 Å². The molecule has 0 radical (unpaired) electrons. The number of hydrogen-bond acceptors (Lipinski definition) is 3. The predicted molar refractivity (Wildman–Crippen MR) is 110 cm³/mol. The zero-order chi connectivity index (χ0) is 20.3. The molecule has 28 heavy (non-hydrogen) atoms. The van der Waals surface area contributed by atoms with Gasteiger partial charge in [-0.1, -0.05) is 35.3 Å². The zero-order valence-corrected chi connectivity index (χ0v) is 16.7. The number of carbonyl (C=O) groups is 3. The highest BCUT2D eigenvalue weighted by molar-refractivity contribution is 6.33. The van der Waals surface area contributed by atoms with Crippen molar-refractivity contribution in [3.05, 3.63) is 58.1 Å². The number of nitrogens with zero attached hydrogens (tertiary/aromatic N) is 1. The van der Waals surface area contributed by atoms with Crippen LogP contribution in [-0.2, 0) is 14.4 Å². The van der Waals surface area contributed by atoms with Crippen LogP contribution in [0.2, 0.25) is 10.0 Å². The van der Waals surface area contributed by atoms with Crippen molar-refractivity contribution in [2.24, 2.45) is 5.92 Å². The first-order chi connectivity index (χ1) is 13.3. The number of nitrogens with one attached hydrogen (secondary N) is 2. The van der Waals surface area contributed by atoms with Gasteiger partial charge in [0.25, 0.3) is 0 Å². The maximum atomic E-state index is 12.4. The van der Waals surface area contributed by atoms with Gasteiger partial charge in [0.05, 0.1) is 23.2 Å². The van der Waals surface area contributed by atoms with Gasteiger partial charge in [-0.05, 0) is 42.8 Å². The smallest absolute Gasteiger partial charge is 0.243 e. The molecule has 1 unspecified atom stereocenters.